The SMILES string of the molecule is CCOc1ccccc1.OBO. The van der Waals surface area contributed by atoms with Crippen LogP contribution in [0.2, 0.25) is 0 Å². The molecule has 0 saturated carbocycles. The minimum Gasteiger partial charge on any atom is -0.494 e. The molecule has 0 aromatic heterocycles. The Kier molecular flexibility index (Phi) is 7.43. The van der Waals surface area contributed by atoms with Crippen LogP contribution in [0, 0.1) is 0 Å². The lowest BCUT2D eigenvalue weighted by Gasteiger charge is -1.99. The summed E-state index contributed by atoms with van der Waals surface area (Å²) in [6.45, 7) is 2.72. The average Bonchev–Trinajstić information content (AvgIpc) is 2.08. The van der Waals surface area contributed by atoms with E-state index in [1.54, 1.807) is 0 Å². The summed E-state index contributed by atoms with van der Waals surface area (Å²) in [6, 6.07) is 9.80. The maximum absolute atomic E-state index is 7.12. The highest BCUT2D eigenvalue weighted by molar-refractivity contribution is 6.13. The summed E-state index contributed by atoms with van der Waals surface area (Å²) in [7, 11) is -0.750. The Labute approximate surface area is 72.9 Å². The molecular weight excluding hydrogens is 155 g/mol. The molecule has 0 saturated heterocycles. The van der Waals surface area contributed by atoms with Gasteiger partial charge in [0.25, 0.3) is 0 Å². The van der Waals surface area contributed by atoms with Crippen molar-refractivity contribution in [3.63, 3.8) is 0 Å². The van der Waals surface area contributed by atoms with E-state index < -0.39 is 7.69 Å². The number of hydrogen-bond acceptors (Lipinski definition) is 3. The molecule has 1 aromatic carbocycles. The summed E-state index contributed by atoms with van der Waals surface area (Å²) in [6.07, 6.45) is 0. The van der Waals surface area contributed by atoms with Gasteiger partial charge in [-0.25, -0.2) is 0 Å². The average molecular weight is 168 g/mol. The van der Waals surface area contributed by atoms with E-state index in [4.69, 9.17) is 14.8 Å². The first kappa shape index (κ1) is 11.0. The fourth-order valence-electron chi connectivity index (χ4n) is 0.683. The van der Waals surface area contributed by atoms with Crippen LogP contribution in [0.1, 0.15) is 6.92 Å². The van der Waals surface area contributed by atoms with Gasteiger partial charge in [-0.3, -0.25) is 0 Å². The van der Waals surface area contributed by atoms with Crippen LogP contribution < -0.4 is 4.74 Å². The van der Waals surface area contributed by atoms with Crippen molar-refractivity contribution >= 4 is 7.69 Å². The first-order chi connectivity index (χ1) is 5.85. The molecule has 0 bridgehead atoms. The van der Waals surface area contributed by atoms with Crippen molar-refractivity contribution in [2.45, 2.75) is 6.92 Å². The Morgan fingerprint density at radius 3 is 2.17 bits per heavy atom. The summed E-state index contributed by atoms with van der Waals surface area (Å²) in [5.41, 5.74) is 0. The highest BCUT2D eigenvalue weighted by atomic mass is 16.5. The van der Waals surface area contributed by atoms with E-state index >= 15 is 0 Å². The second-order valence-electron chi connectivity index (χ2n) is 1.89. The van der Waals surface area contributed by atoms with Crippen molar-refractivity contribution in [3.05, 3.63) is 30.3 Å². The first-order valence-electron chi connectivity index (χ1n) is 3.74. The number of para-hydroxylation sites is 1. The van der Waals surface area contributed by atoms with Crippen LogP contribution in [0.3, 0.4) is 0 Å². The van der Waals surface area contributed by atoms with Crippen molar-refractivity contribution in [1.82, 2.24) is 0 Å². The summed E-state index contributed by atoms with van der Waals surface area (Å²) in [5.74, 6) is 0.944. The zero-order valence-corrected chi connectivity index (χ0v) is 7.10. The van der Waals surface area contributed by atoms with Gasteiger partial charge in [0.2, 0.25) is 0 Å². The zero-order chi connectivity index (χ0) is 9.23. The van der Waals surface area contributed by atoms with Gasteiger partial charge >= 0.3 is 7.69 Å². The van der Waals surface area contributed by atoms with E-state index in [2.05, 4.69) is 0 Å². The lowest BCUT2D eigenvalue weighted by Crippen LogP contribution is -1.89. The molecule has 3 nitrogen and oxygen atoms in total. The smallest absolute Gasteiger partial charge is 0.432 e. The molecule has 4 heteroatoms. The molecule has 0 aliphatic carbocycles. The van der Waals surface area contributed by atoms with Gasteiger partial charge in [-0.15, -0.1) is 0 Å². The second kappa shape index (κ2) is 8.10. The van der Waals surface area contributed by atoms with Crippen molar-refractivity contribution in [2.75, 3.05) is 6.61 Å². The quantitative estimate of drug-likeness (QED) is 0.625. The predicted octanol–water partition coefficient (Wildman–Crippen LogP) is 0.323. The molecule has 0 aliphatic heterocycles. The van der Waals surface area contributed by atoms with Crippen molar-refractivity contribution in [2.24, 2.45) is 0 Å². The molecule has 0 unspecified atom stereocenters. The number of benzene rings is 1. The van der Waals surface area contributed by atoms with E-state index in [-0.39, 0.29) is 0 Å². The van der Waals surface area contributed by atoms with Gasteiger partial charge < -0.3 is 14.8 Å². The third-order valence-corrected chi connectivity index (χ3v) is 1.05. The fourth-order valence-corrected chi connectivity index (χ4v) is 0.683. The minimum atomic E-state index is -0.750. The zero-order valence-electron chi connectivity index (χ0n) is 7.10. The van der Waals surface area contributed by atoms with Crippen molar-refractivity contribution in [3.8, 4) is 5.75 Å². The van der Waals surface area contributed by atoms with Crippen LogP contribution in [-0.2, 0) is 0 Å². The van der Waals surface area contributed by atoms with E-state index in [1.165, 1.54) is 0 Å². The molecular formula is C8H13BO3. The van der Waals surface area contributed by atoms with Gasteiger partial charge in [0.15, 0.2) is 0 Å². The summed E-state index contributed by atoms with van der Waals surface area (Å²) >= 11 is 0. The summed E-state index contributed by atoms with van der Waals surface area (Å²) in [4.78, 5) is 0. The third-order valence-electron chi connectivity index (χ3n) is 1.05. The molecule has 12 heavy (non-hydrogen) atoms. The summed E-state index contributed by atoms with van der Waals surface area (Å²) in [5, 5.41) is 14.2. The van der Waals surface area contributed by atoms with Crippen molar-refractivity contribution < 1.29 is 14.8 Å². The molecule has 0 radical (unpaired) electrons. The largest absolute Gasteiger partial charge is 0.494 e. The standard InChI is InChI=1S/C8H10O.BH3O2/c1-2-9-8-6-4-3-5-7-8;2-1-3/h3-7H,2H2,1H3;1-3H. The van der Waals surface area contributed by atoms with Gasteiger partial charge in [-0.1, -0.05) is 18.2 Å². The van der Waals surface area contributed by atoms with E-state index in [1.807, 2.05) is 37.3 Å². The predicted molar refractivity (Wildman–Crippen MR) is 49.2 cm³/mol. The molecule has 2 N–H and O–H groups in total. The van der Waals surface area contributed by atoms with E-state index in [9.17, 15) is 0 Å². The van der Waals surface area contributed by atoms with Crippen LogP contribution in [0.5, 0.6) is 5.75 Å². The minimum absolute atomic E-state index is 0.740. The Morgan fingerprint density at radius 2 is 1.75 bits per heavy atom. The molecule has 1 aromatic rings. The van der Waals surface area contributed by atoms with Gasteiger partial charge in [0, 0.05) is 0 Å². The van der Waals surface area contributed by atoms with Crippen molar-refractivity contribution in [1.29, 1.82) is 0 Å². The van der Waals surface area contributed by atoms with Crippen LogP contribution in [0.25, 0.3) is 0 Å². The Hall–Kier alpha value is -0.995. The Balaban J connectivity index is 0.000000354. The van der Waals surface area contributed by atoms with Crippen LogP contribution in [-0.4, -0.2) is 24.3 Å². The Morgan fingerprint density at radius 1 is 1.25 bits per heavy atom. The number of rotatable bonds is 2. The molecule has 66 valence electrons. The van der Waals surface area contributed by atoms with Gasteiger partial charge in [0.05, 0.1) is 6.61 Å². The molecule has 0 fully saturated rings. The summed E-state index contributed by atoms with van der Waals surface area (Å²) < 4.78 is 5.21. The normalized spacial score (nSPS) is 7.92. The molecule has 1 rings (SSSR count). The fraction of sp³-hybridized carbons (Fsp3) is 0.250. The van der Waals surface area contributed by atoms with Gasteiger partial charge in [-0.2, -0.15) is 0 Å². The Bertz CT molecular complexity index is 179. The molecule has 0 amide bonds. The maximum Gasteiger partial charge on any atom is 0.432 e. The third kappa shape index (κ3) is 5.76. The lowest BCUT2D eigenvalue weighted by atomic mass is 10.3. The number of hydrogen-bond donors (Lipinski definition) is 2. The molecule has 0 spiro atoms. The first-order valence-corrected chi connectivity index (χ1v) is 3.74. The highest BCUT2D eigenvalue weighted by Gasteiger charge is 1.83. The van der Waals surface area contributed by atoms with Crippen LogP contribution >= 0.6 is 0 Å². The van der Waals surface area contributed by atoms with Crippen LogP contribution in [0.15, 0.2) is 30.3 Å². The van der Waals surface area contributed by atoms with E-state index in [0.717, 1.165) is 12.4 Å². The van der Waals surface area contributed by atoms with E-state index in [0.29, 0.717) is 0 Å². The highest BCUT2D eigenvalue weighted by Crippen LogP contribution is 2.06. The van der Waals surface area contributed by atoms with Crippen LogP contribution in [0.4, 0.5) is 0 Å². The molecule has 0 heterocycles. The van der Waals surface area contributed by atoms with Gasteiger partial charge in [0.1, 0.15) is 5.75 Å². The molecule has 0 aliphatic rings. The maximum atomic E-state index is 7.12. The topological polar surface area (TPSA) is 49.7 Å². The lowest BCUT2D eigenvalue weighted by molar-refractivity contribution is 0.340. The number of ether oxygens (including phenoxy) is 1. The monoisotopic (exact) mass is 168 g/mol. The van der Waals surface area contributed by atoms with Gasteiger partial charge in [-0.05, 0) is 19.1 Å². The second-order valence-corrected chi connectivity index (χ2v) is 1.89. The molecule has 0 atom stereocenters.